The molecular weight excluding hydrogens is 278 g/mol. The maximum absolute atomic E-state index is 12.9. The second-order valence-corrected chi connectivity index (χ2v) is 6.47. The predicted octanol–water partition coefficient (Wildman–Crippen LogP) is 3.07. The molecule has 1 aliphatic carbocycles. The molecule has 4 heteroatoms. The molecule has 22 heavy (non-hydrogen) atoms. The predicted molar refractivity (Wildman–Crippen MR) is 85.8 cm³/mol. The first-order valence-corrected chi connectivity index (χ1v) is 8.07. The Morgan fingerprint density at radius 1 is 1.32 bits per heavy atom. The summed E-state index contributed by atoms with van der Waals surface area (Å²) in [5, 5.41) is 8.91. The summed E-state index contributed by atoms with van der Waals surface area (Å²) in [6.45, 7) is 5.02. The number of carboxylic acid groups (broad SMARTS) is 1. The van der Waals surface area contributed by atoms with Gasteiger partial charge in [0.15, 0.2) is 0 Å². The van der Waals surface area contributed by atoms with Crippen molar-refractivity contribution in [1.29, 1.82) is 0 Å². The number of rotatable bonds is 6. The van der Waals surface area contributed by atoms with Gasteiger partial charge in [-0.3, -0.25) is 9.59 Å². The molecule has 2 rings (SSSR count). The number of aliphatic carboxylic acids is 1. The molecule has 0 aliphatic heterocycles. The zero-order valence-corrected chi connectivity index (χ0v) is 13.4. The van der Waals surface area contributed by atoms with Gasteiger partial charge >= 0.3 is 5.97 Å². The third kappa shape index (κ3) is 4.09. The molecule has 0 saturated heterocycles. The second-order valence-electron chi connectivity index (χ2n) is 6.47. The summed E-state index contributed by atoms with van der Waals surface area (Å²) in [7, 11) is 0. The second kappa shape index (κ2) is 7.43. The molecule has 0 heterocycles. The highest BCUT2D eigenvalue weighted by molar-refractivity contribution is 5.85. The Morgan fingerprint density at radius 2 is 2.05 bits per heavy atom. The van der Waals surface area contributed by atoms with Crippen LogP contribution in [0.2, 0.25) is 0 Å². The third-order valence-corrected chi connectivity index (χ3v) is 4.16. The van der Waals surface area contributed by atoms with E-state index < -0.39 is 5.97 Å². The van der Waals surface area contributed by atoms with Crippen LogP contribution in [0.5, 0.6) is 0 Å². The van der Waals surface area contributed by atoms with Crippen molar-refractivity contribution >= 4 is 11.9 Å². The third-order valence-electron chi connectivity index (χ3n) is 4.16. The van der Waals surface area contributed by atoms with E-state index in [4.69, 9.17) is 5.11 Å². The molecule has 4 nitrogen and oxygen atoms in total. The molecule has 0 saturated carbocycles. The maximum atomic E-state index is 12.9. The number of hydrogen-bond donors (Lipinski definition) is 1. The van der Waals surface area contributed by atoms with Gasteiger partial charge < -0.3 is 10.0 Å². The van der Waals surface area contributed by atoms with E-state index in [1.165, 1.54) is 5.56 Å². The monoisotopic (exact) mass is 303 g/mol. The zero-order chi connectivity index (χ0) is 16.1. The van der Waals surface area contributed by atoms with Crippen LogP contribution in [0.15, 0.2) is 24.3 Å². The molecule has 1 atom stereocenters. The molecule has 0 bridgehead atoms. The van der Waals surface area contributed by atoms with Crippen molar-refractivity contribution in [3.05, 3.63) is 35.4 Å². The van der Waals surface area contributed by atoms with E-state index >= 15 is 0 Å². The molecule has 1 amide bonds. The van der Waals surface area contributed by atoms with Gasteiger partial charge in [0, 0.05) is 13.1 Å². The Labute approximate surface area is 132 Å². The Bertz CT molecular complexity index is 539. The van der Waals surface area contributed by atoms with Crippen molar-refractivity contribution in [2.24, 2.45) is 5.92 Å². The van der Waals surface area contributed by atoms with Gasteiger partial charge in [0.1, 0.15) is 0 Å². The molecule has 1 N–H and O–H groups in total. The minimum absolute atomic E-state index is 0.00677. The van der Waals surface area contributed by atoms with Gasteiger partial charge in [-0.1, -0.05) is 38.1 Å². The van der Waals surface area contributed by atoms with Crippen LogP contribution in [0, 0.1) is 5.92 Å². The number of aryl methyl sites for hydroxylation is 1. The van der Waals surface area contributed by atoms with Gasteiger partial charge in [-0.25, -0.2) is 0 Å². The van der Waals surface area contributed by atoms with Crippen LogP contribution in [0.3, 0.4) is 0 Å². The minimum atomic E-state index is -0.856. The van der Waals surface area contributed by atoms with Gasteiger partial charge in [0.2, 0.25) is 5.91 Å². The number of benzene rings is 1. The Hall–Kier alpha value is -1.84. The van der Waals surface area contributed by atoms with Crippen molar-refractivity contribution in [1.82, 2.24) is 4.90 Å². The Morgan fingerprint density at radius 3 is 2.73 bits per heavy atom. The standard InChI is InChI=1S/C18H25NO3/c1-13(2)12-19(11-10-17(20)21)18(22)16-9-5-7-14-6-3-4-8-15(14)16/h3-4,6,8,13,16H,5,7,9-12H2,1-2H3,(H,20,21). The molecule has 0 fully saturated rings. The molecule has 1 aromatic carbocycles. The number of hydrogen-bond acceptors (Lipinski definition) is 2. The number of carboxylic acids is 1. The van der Waals surface area contributed by atoms with Gasteiger partial charge in [-0.2, -0.15) is 0 Å². The minimum Gasteiger partial charge on any atom is -0.481 e. The number of amides is 1. The van der Waals surface area contributed by atoms with Gasteiger partial charge in [-0.05, 0) is 36.3 Å². The van der Waals surface area contributed by atoms with E-state index in [1.807, 2.05) is 18.2 Å². The number of fused-ring (bicyclic) bond motifs is 1. The van der Waals surface area contributed by atoms with Crippen LogP contribution in [-0.4, -0.2) is 35.0 Å². The van der Waals surface area contributed by atoms with Gasteiger partial charge in [0.25, 0.3) is 0 Å². The van der Waals surface area contributed by atoms with Gasteiger partial charge in [0.05, 0.1) is 12.3 Å². The lowest BCUT2D eigenvalue weighted by molar-refractivity contribution is -0.139. The van der Waals surface area contributed by atoms with E-state index in [-0.39, 0.29) is 18.2 Å². The molecule has 120 valence electrons. The summed E-state index contributed by atoms with van der Waals surface area (Å²) in [5.74, 6) is -0.554. The van der Waals surface area contributed by atoms with E-state index in [1.54, 1.807) is 4.90 Å². The first-order valence-electron chi connectivity index (χ1n) is 8.07. The van der Waals surface area contributed by atoms with Crippen molar-refractivity contribution < 1.29 is 14.7 Å². The first-order chi connectivity index (χ1) is 10.5. The lowest BCUT2D eigenvalue weighted by atomic mass is 9.82. The molecule has 0 aromatic heterocycles. The number of carbonyl (C=O) groups is 2. The van der Waals surface area contributed by atoms with E-state index in [2.05, 4.69) is 19.9 Å². The topological polar surface area (TPSA) is 57.6 Å². The van der Waals surface area contributed by atoms with Crippen molar-refractivity contribution in [3.63, 3.8) is 0 Å². The normalized spacial score (nSPS) is 17.1. The summed E-state index contributed by atoms with van der Waals surface area (Å²) < 4.78 is 0. The largest absolute Gasteiger partial charge is 0.481 e. The average Bonchev–Trinajstić information content (AvgIpc) is 2.49. The number of nitrogens with zero attached hydrogens (tertiary/aromatic N) is 1. The maximum Gasteiger partial charge on any atom is 0.305 e. The molecule has 1 aromatic rings. The van der Waals surface area contributed by atoms with Gasteiger partial charge in [-0.15, -0.1) is 0 Å². The van der Waals surface area contributed by atoms with Crippen molar-refractivity contribution in [2.75, 3.05) is 13.1 Å². The smallest absolute Gasteiger partial charge is 0.305 e. The highest BCUT2D eigenvalue weighted by atomic mass is 16.4. The quantitative estimate of drug-likeness (QED) is 0.878. The lowest BCUT2D eigenvalue weighted by Crippen LogP contribution is -2.40. The SMILES string of the molecule is CC(C)CN(CCC(=O)O)C(=O)C1CCCc2ccccc21. The molecule has 1 unspecified atom stereocenters. The summed E-state index contributed by atoms with van der Waals surface area (Å²) >= 11 is 0. The molecule has 1 aliphatic rings. The summed E-state index contributed by atoms with van der Waals surface area (Å²) in [6, 6.07) is 8.14. The van der Waals surface area contributed by atoms with Crippen LogP contribution in [0.4, 0.5) is 0 Å². The first kappa shape index (κ1) is 16.5. The fourth-order valence-electron chi connectivity index (χ4n) is 3.19. The van der Waals surface area contributed by atoms with Crippen LogP contribution in [-0.2, 0) is 16.0 Å². The zero-order valence-electron chi connectivity index (χ0n) is 13.4. The molecule has 0 spiro atoms. The fourth-order valence-corrected chi connectivity index (χ4v) is 3.19. The average molecular weight is 303 g/mol. The Kier molecular flexibility index (Phi) is 5.58. The molecule has 0 radical (unpaired) electrons. The van der Waals surface area contributed by atoms with Crippen molar-refractivity contribution in [3.8, 4) is 0 Å². The van der Waals surface area contributed by atoms with E-state index in [0.717, 1.165) is 24.8 Å². The van der Waals surface area contributed by atoms with Crippen LogP contribution in [0.1, 0.15) is 50.2 Å². The lowest BCUT2D eigenvalue weighted by Gasteiger charge is -2.31. The summed E-state index contributed by atoms with van der Waals surface area (Å²) in [4.78, 5) is 25.5. The summed E-state index contributed by atoms with van der Waals surface area (Å²) in [6.07, 6.45) is 2.91. The fraction of sp³-hybridized carbons (Fsp3) is 0.556. The van der Waals surface area contributed by atoms with Crippen LogP contribution in [0.25, 0.3) is 0 Å². The van der Waals surface area contributed by atoms with Crippen LogP contribution < -0.4 is 0 Å². The molecular formula is C18H25NO3. The van der Waals surface area contributed by atoms with Crippen LogP contribution >= 0.6 is 0 Å². The highest BCUT2D eigenvalue weighted by Gasteiger charge is 2.30. The van der Waals surface area contributed by atoms with E-state index in [0.29, 0.717) is 19.0 Å². The van der Waals surface area contributed by atoms with E-state index in [9.17, 15) is 9.59 Å². The number of carbonyl (C=O) groups excluding carboxylic acids is 1. The highest BCUT2D eigenvalue weighted by Crippen LogP contribution is 2.33. The van der Waals surface area contributed by atoms with Crippen molar-refractivity contribution in [2.45, 2.75) is 45.4 Å². The summed E-state index contributed by atoms with van der Waals surface area (Å²) in [5.41, 5.74) is 2.39. The Balaban J connectivity index is 2.17.